The number of hydrogen-bond donors (Lipinski definition) is 0. The van der Waals surface area contributed by atoms with E-state index in [1.165, 1.54) is 4.31 Å². The fourth-order valence-corrected chi connectivity index (χ4v) is 4.46. The van der Waals surface area contributed by atoms with E-state index in [2.05, 4.69) is 10.2 Å². The summed E-state index contributed by atoms with van der Waals surface area (Å²) in [5.74, 6) is -2.29. The Hall–Kier alpha value is -1.69. The van der Waals surface area contributed by atoms with Gasteiger partial charge in [0.15, 0.2) is 0 Å². The maximum absolute atomic E-state index is 12.8. The Morgan fingerprint density at radius 2 is 1.81 bits per heavy atom. The molecular formula is C15H21F3N4O4S. The van der Waals surface area contributed by atoms with Crippen molar-refractivity contribution in [1.29, 1.82) is 0 Å². The zero-order valence-electron chi connectivity index (χ0n) is 14.8. The van der Waals surface area contributed by atoms with Crippen molar-refractivity contribution in [3.63, 3.8) is 0 Å². The van der Waals surface area contributed by atoms with E-state index in [1.54, 1.807) is 4.90 Å². The lowest BCUT2D eigenvalue weighted by atomic mass is 9.93. The molecule has 27 heavy (non-hydrogen) atoms. The van der Waals surface area contributed by atoms with E-state index in [1.807, 2.05) is 0 Å². The molecule has 1 amide bonds. The third-order valence-electron chi connectivity index (χ3n) is 5.04. The zero-order chi connectivity index (χ0) is 19.8. The van der Waals surface area contributed by atoms with Gasteiger partial charge in [0.1, 0.15) is 0 Å². The second-order valence-corrected chi connectivity index (χ2v) is 8.99. The van der Waals surface area contributed by atoms with Gasteiger partial charge in [-0.3, -0.25) is 4.79 Å². The van der Waals surface area contributed by atoms with Gasteiger partial charge in [-0.25, -0.2) is 12.7 Å². The average molecular weight is 410 g/mol. The molecule has 12 heteroatoms. The highest BCUT2D eigenvalue weighted by molar-refractivity contribution is 7.88. The third-order valence-corrected chi connectivity index (χ3v) is 6.34. The summed E-state index contributed by atoms with van der Waals surface area (Å²) in [5.41, 5.74) is 0. The molecule has 2 aliphatic heterocycles. The number of sulfonamides is 1. The molecule has 0 bridgehead atoms. The van der Waals surface area contributed by atoms with Gasteiger partial charge in [0, 0.05) is 32.1 Å². The monoisotopic (exact) mass is 410 g/mol. The van der Waals surface area contributed by atoms with Crippen LogP contribution in [0.2, 0.25) is 0 Å². The standard InChI is InChI=1S/C15H21F3N4O4S/c1-27(24,25)22-7-4-10(5-8-22)13(23)21-6-2-3-11(9-21)12-19-20-14(26-12)15(16,17)18/h10-11H,2-9H2,1H3. The normalized spacial score (nSPS) is 23.6. The van der Waals surface area contributed by atoms with Gasteiger partial charge < -0.3 is 9.32 Å². The van der Waals surface area contributed by atoms with Gasteiger partial charge in [0.25, 0.3) is 0 Å². The molecule has 1 atom stereocenters. The minimum atomic E-state index is -4.69. The van der Waals surface area contributed by atoms with Gasteiger partial charge in [-0.15, -0.1) is 10.2 Å². The largest absolute Gasteiger partial charge is 0.470 e. The second-order valence-electron chi connectivity index (χ2n) is 7.00. The number of aromatic nitrogens is 2. The van der Waals surface area contributed by atoms with Crippen LogP contribution in [0.25, 0.3) is 0 Å². The Morgan fingerprint density at radius 1 is 1.15 bits per heavy atom. The second kappa shape index (κ2) is 7.38. The van der Waals surface area contributed by atoms with Crippen LogP contribution in [0.3, 0.4) is 0 Å². The van der Waals surface area contributed by atoms with E-state index in [0.717, 1.165) is 6.26 Å². The van der Waals surface area contributed by atoms with Crippen molar-refractivity contribution in [3.8, 4) is 0 Å². The summed E-state index contributed by atoms with van der Waals surface area (Å²) in [6, 6.07) is 0. The van der Waals surface area contributed by atoms with E-state index in [-0.39, 0.29) is 24.3 Å². The van der Waals surface area contributed by atoms with Crippen molar-refractivity contribution in [2.24, 2.45) is 5.92 Å². The highest BCUT2D eigenvalue weighted by atomic mass is 32.2. The van der Waals surface area contributed by atoms with Crippen molar-refractivity contribution in [3.05, 3.63) is 11.8 Å². The van der Waals surface area contributed by atoms with Crippen LogP contribution in [0, 0.1) is 5.92 Å². The predicted octanol–water partition coefficient (Wildman–Crippen LogP) is 1.47. The molecule has 0 aliphatic carbocycles. The first kappa shape index (κ1) is 20.1. The Bertz CT molecular complexity index is 787. The molecular weight excluding hydrogens is 389 g/mol. The van der Waals surface area contributed by atoms with Crippen molar-refractivity contribution in [2.75, 3.05) is 32.4 Å². The first-order valence-electron chi connectivity index (χ1n) is 8.70. The summed E-state index contributed by atoms with van der Waals surface area (Å²) in [5, 5.41) is 6.55. The molecule has 1 unspecified atom stereocenters. The van der Waals surface area contributed by atoms with Crippen LogP contribution in [-0.4, -0.2) is 66.2 Å². The topological polar surface area (TPSA) is 96.6 Å². The number of likely N-dealkylation sites (tertiary alicyclic amines) is 1. The van der Waals surface area contributed by atoms with E-state index in [4.69, 9.17) is 4.42 Å². The first-order valence-corrected chi connectivity index (χ1v) is 10.5. The lowest BCUT2D eigenvalue weighted by molar-refractivity contribution is -0.157. The molecule has 3 rings (SSSR count). The van der Waals surface area contributed by atoms with Gasteiger partial charge in [-0.1, -0.05) is 0 Å². The van der Waals surface area contributed by atoms with Crippen LogP contribution in [0.1, 0.15) is 43.4 Å². The number of carbonyl (C=O) groups excluding carboxylic acids is 1. The van der Waals surface area contributed by atoms with E-state index < -0.39 is 28.0 Å². The first-order chi connectivity index (χ1) is 12.6. The van der Waals surface area contributed by atoms with Crippen molar-refractivity contribution in [2.45, 2.75) is 37.8 Å². The van der Waals surface area contributed by atoms with Crippen LogP contribution in [0.4, 0.5) is 13.2 Å². The van der Waals surface area contributed by atoms with E-state index in [9.17, 15) is 26.4 Å². The number of alkyl halides is 3. The Balaban J connectivity index is 1.61. The number of hydrogen-bond acceptors (Lipinski definition) is 6. The molecule has 0 saturated carbocycles. The molecule has 2 saturated heterocycles. The van der Waals surface area contributed by atoms with E-state index >= 15 is 0 Å². The maximum atomic E-state index is 12.8. The van der Waals surface area contributed by atoms with Crippen LogP contribution in [0.15, 0.2) is 4.42 Å². The quantitative estimate of drug-likeness (QED) is 0.749. The minimum Gasteiger partial charge on any atom is -0.417 e. The average Bonchev–Trinajstić information content (AvgIpc) is 3.11. The molecule has 0 N–H and O–H groups in total. The number of amides is 1. The fourth-order valence-electron chi connectivity index (χ4n) is 3.59. The molecule has 152 valence electrons. The third kappa shape index (κ3) is 4.60. The molecule has 8 nitrogen and oxygen atoms in total. The summed E-state index contributed by atoms with van der Waals surface area (Å²) in [7, 11) is -3.27. The Kier molecular flexibility index (Phi) is 5.48. The molecule has 0 spiro atoms. The fraction of sp³-hybridized carbons (Fsp3) is 0.800. The Morgan fingerprint density at radius 3 is 2.37 bits per heavy atom. The number of halogens is 3. The summed E-state index contributed by atoms with van der Waals surface area (Å²) >= 11 is 0. The summed E-state index contributed by atoms with van der Waals surface area (Å²) < 4.78 is 67.1. The SMILES string of the molecule is CS(=O)(=O)N1CCC(C(=O)N2CCCC(c3nnc(C(F)(F)F)o3)C2)CC1. The van der Waals surface area contributed by atoms with Crippen molar-refractivity contribution < 1.29 is 30.8 Å². The molecule has 0 aromatic carbocycles. The summed E-state index contributed by atoms with van der Waals surface area (Å²) in [6.07, 6.45) is -1.48. The van der Waals surface area contributed by atoms with Crippen LogP contribution < -0.4 is 0 Å². The lowest BCUT2D eigenvalue weighted by Gasteiger charge is -2.36. The molecule has 0 radical (unpaired) electrons. The highest BCUT2D eigenvalue weighted by Crippen LogP contribution is 2.33. The molecule has 2 fully saturated rings. The van der Waals surface area contributed by atoms with Crippen LogP contribution in [-0.2, 0) is 21.0 Å². The summed E-state index contributed by atoms with van der Waals surface area (Å²) in [4.78, 5) is 14.4. The molecule has 1 aromatic heterocycles. The van der Waals surface area contributed by atoms with E-state index in [0.29, 0.717) is 45.3 Å². The molecule has 1 aromatic rings. The lowest BCUT2D eigenvalue weighted by Crippen LogP contribution is -2.46. The minimum absolute atomic E-state index is 0.0941. The molecule has 3 heterocycles. The van der Waals surface area contributed by atoms with Crippen molar-refractivity contribution >= 4 is 15.9 Å². The van der Waals surface area contributed by atoms with Gasteiger partial charge in [-0.2, -0.15) is 13.2 Å². The number of carbonyl (C=O) groups is 1. The smallest absolute Gasteiger partial charge is 0.417 e. The van der Waals surface area contributed by atoms with Gasteiger partial charge in [0.05, 0.1) is 12.2 Å². The van der Waals surface area contributed by atoms with Crippen molar-refractivity contribution in [1.82, 2.24) is 19.4 Å². The number of nitrogens with zero attached hydrogens (tertiary/aromatic N) is 4. The predicted molar refractivity (Wildman–Crippen MR) is 87.0 cm³/mol. The zero-order valence-corrected chi connectivity index (χ0v) is 15.6. The summed E-state index contributed by atoms with van der Waals surface area (Å²) in [6.45, 7) is 1.34. The molecule has 2 aliphatic rings. The maximum Gasteiger partial charge on any atom is 0.470 e. The number of piperidine rings is 2. The van der Waals surface area contributed by atoms with Gasteiger partial charge in [0.2, 0.25) is 21.8 Å². The Labute approximate surface area is 154 Å². The van der Waals surface area contributed by atoms with Crippen LogP contribution in [0.5, 0.6) is 0 Å². The van der Waals surface area contributed by atoms with Crippen LogP contribution >= 0.6 is 0 Å². The van der Waals surface area contributed by atoms with Gasteiger partial charge in [-0.05, 0) is 25.7 Å². The number of rotatable bonds is 3. The van der Waals surface area contributed by atoms with Gasteiger partial charge >= 0.3 is 12.1 Å². The highest BCUT2D eigenvalue weighted by Gasteiger charge is 2.40.